The monoisotopic (exact) mass is 405 g/mol. The molecule has 1 spiro atoms. The van der Waals surface area contributed by atoms with Gasteiger partial charge in [0.15, 0.2) is 0 Å². The summed E-state index contributed by atoms with van der Waals surface area (Å²) in [5.41, 5.74) is 4.56. The molecule has 10 heteroatoms. The molecule has 5 N–H and O–H groups in total. The van der Waals surface area contributed by atoms with E-state index < -0.39 is 52.9 Å². The number of quaternary nitrogens is 1. The number of carbonyl (C=O) groups excluding carboxylic acids is 4. The van der Waals surface area contributed by atoms with Crippen molar-refractivity contribution in [2.24, 2.45) is 17.6 Å². The van der Waals surface area contributed by atoms with Crippen molar-refractivity contribution < 1.29 is 33.6 Å². The summed E-state index contributed by atoms with van der Waals surface area (Å²) in [6.45, 7) is 0.512. The molecule has 3 aliphatic rings. The molecule has 0 saturated carbocycles. The minimum atomic E-state index is -1.51. The Labute approximate surface area is 165 Å². The molecule has 4 rings (SSSR count). The number of hydrogen-bond donors (Lipinski definition) is 3. The molecule has 0 aromatic heterocycles. The molecule has 3 heterocycles. The van der Waals surface area contributed by atoms with E-state index in [4.69, 9.17) is 10.5 Å². The lowest BCUT2D eigenvalue weighted by molar-refractivity contribution is -0.732. The number of benzene rings is 1. The number of ether oxygens (including phenoxy) is 1. The summed E-state index contributed by atoms with van der Waals surface area (Å²) in [7, 11) is 1.52. The number of nitrogens with one attached hydrogen (secondary N) is 1. The van der Waals surface area contributed by atoms with E-state index in [1.165, 1.54) is 25.3 Å². The first kappa shape index (κ1) is 19.5. The van der Waals surface area contributed by atoms with Crippen molar-refractivity contribution in [2.75, 3.05) is 25.6 Å². The third-order valence-electron chi connectivity index (χ3n) is 6.09. The van der Waals surface area contributed by atoms with Gasteiger partial charge in [0.2, 0.25) is 23.3 Å². The predicted molar refractivity (Wildman–Crippen MR) is 96.4 cm³/mol. The summed E-state index contributed by atoms with van der Waals surface area (Å²) in [6.07, 6.45) is 0.272. The van der Waals surface area contributed by atoms with E-state index in [0.29, 0.717) is 24.3 Å². The number of methoxy groups -OCH3 is 1. The number of hydrogen-bond acceptors (Lipinski definition) is 5. The number of nitrogens with zero attached hydrogens (tertiary/aromatic N) is 1. The maximum absolute atomic E-state index is 14.0. The maximum atomic E-state index is 14.0. The lowest BCUT2D eigenvalue weighted by Gasteiger charge is -2.26. The number of likely N-dealkylation sites (tertiary alicyclic amines) is 1. The number of imide groups is 1. The number of nitrogens with two attached hydrogens (primary N) is 2. The Morgan fingerprint density at radius 1 is 1.34 bits per heavy atom. The lowest BCUT2D eigenvalue weighted by atomic mass is 9.76. The van der Waals surface area contributed by atoms with Crippen LogP contribution in [0.3, 0.4) is 0 Å². The highest BCUT2D eigenvalue weighted by Gasteiger charge is 2.74. The van der Waals surface area contributed by atoms with Crippen LogP contribution in [0.5, 0.6) is 0 Å². The highest BCUT2D eigenvalue weighted by atomic mass is 19.1. The number of anilines is 1. The Morgan fingerprint density at radius 2 is 2.10 bits per heavy atom. The van der Waals surface area contributed by atoms with E-state index >= 15 is 0 Å². The molecule has 2 fully saturated rings. The van der Waals surface area contributed by atoms with Gasteiger partial charge in [-0.05, 0) is 24.6 Å². The van der Waals surface area contributed by atoms with Crippen LogP contribution in [-0.4, -0.2) is 54.8 Å². The fourth-order valence-corrected chi connectivity index (χ4v) is 5.00. The first-order valence-electron chi connectivity index (χ1n) is 9.41. The van der Waals surface area contributed by atoms with Gasteiger partial charge in [0.1, 0.15) is 23.7 Å². The van der Waals surface area contributed by atoms with E-state index in [2.05, 4.69) is 5.32 Å². The van der Waals surface area contributed by atoms with Crippen molar-refractivity contribution in [3.05, 3.63) is 29.6 Å². The zero-order valence-electron chi connectivity index (χ0n) is 15.8. The second-order valence-electron chi connectivity index (χ2n) is 7.69. The van der Waals surface area contributed by atoms with Gasteiger partial charge in [0.25, 0.3) is 5.91 Å². The second-order valence-corrected chi connectivity index (χ2v) is 7.69. The van der Waals surface area contributed by atoms with Gasteiger partial charge in [-0.3, -0.25) is 24.1 Å². The molecule has 29 heavy (non-hydrogen) atoms. The molecule has 2 saturated heterocycles. The number of rotatable bonds is 6. The van der Waals surface area contributed by atoms with Gasteiger partial charge < -0.3 is 21.1 Å². The molecule has 9 nitrogen and oxygen atoms in total. The summed E-state index contributed by atoms with van der Waals surface area (Å²) in [4.78, 5) is 52.2. The molecule has 0 aliphatic carbocycles. The van der Waals surface area contributed by atoms with Crippen LogP contribution in [-0.2, 0) is 29.5 Å². The second kappa shape index (κ2) is 6.89. The van der Waals surface area contributed by atoms with Gasteiger partial charge in [-0.15, -0.1) is 0 Å². The zero-order valence-corrected chi connectivity index (χ0v) is 15.8. The van der Waals surface area contributed by atoms with E-state index in [9.17, 15) is 23.6 Å². The normalized spacial score (nSPS) is 30.1. The number of halogens is 1. The quantitative estimate of drug-likeness (QED) is 0.388. The molecule has 3 aliphatic heterocycles. The first-order chi connectivity index (χ1) is 13.8. The Balaban J connectivity index is 1.80. The van der Waals surface area contributed by atoms with Gasteiger partial charge >= 0.3 is 0 Å². The largest absolute Gasteiger partial charge is 0.385 e. The standard InChI is InChI=1S/C19H21FN4O5/c1-29-6-2-5-24-16(26)14-12(8-13(21)25)23-19(15(14)17(24)27)10-7-9(20)3-4-11(10)22-18(19)28/h3-4,7,12,14-15,23H,2,5-6,8H2,1H3,(H2,21,25)(H,22,28)/p+1/t12-,14-,15+,19+/m1/s1. The molecule has 4 atom stereocenters. The van der Waals surface area contributed by atoms with Crippen molar-refractivity contribution in [3.8, 4) is 0 Å². The molecule has 4 amide bonds. The fraction of sp³-hybridized carbons (Fsp3) is 0.474. The fourth-order valence-electron chi connectivity index (χ4n) is 5.00. The summed E-state index contributed by atoms with van der Waals surface area (Å²) in [6, 6.07) is 3.16. The average Bonchev–Trinajstić information content (AvgIpc) is 3.22. The van der Waals surface area contributed by atoms with E-state index in [1.54, 1.807) is 5.32 Å². The van der Waals surface area contributed by atoms with Crippen LogP contribution in [0.15, 0.2) is 18.2 Å². The average molecular weight is 405 g/mol. The van der Waals surface area contributed by atoms with Crippen molar-refractivity contribution in [1.82, 2.24) is 4.90 Å². The zero-order chi connectivity index (χ0) is 20.9. The number of fused-ring (bicyclic) bond motifs is 4. The lowest BCUT2D eigenvalue weighted by Crippen LogP contribution is -2.99. The summed E-state index contributed by atoms with van der Waals surface area (Å²) in [5, 5.41) is 4.24. The number of amides is 4. The van der Waals surface area contributed by atoms with Crippen molar-refractivity contribution in [2.45, 2.75) is 24.4 Å². The van der Waals surface area contributed by atoms with Crippen molar-refractivity contribution >= 4 is 29.3 Å². The smallest absolute Gasteiger partial charge is 0.291 e. The molecule has 0 bridgehead atoms. The molecule has 1 aromatic rings. The SMILES string of the molecule is COCCCN1C(=O)[C@H]2[C@@H](C1=O)[C@]1([NH2+][C@@H]2CC(N)=O)C(=O)Nc2ccc(F)cc21. The first-order valence-corrected chi connectivity index (χ1v) is 9.41. The molecule has 0 radical (unpaired) electrons. The molecular weight excluding hydrogens is 383 g/mol. The highest BCUT2D eigenvalue weighted by molar-refractivity contribution is 6.14. The van der Waals surface area contributed by atoms with Gasteiger partial charge in [-0.25, -0.2) is 4.39 Å². The van der Waals surface area contributed by atoms with E-state index in [-0.39, 0.29) is 13.0 Å². The van der Waals surface area contributed by atoms with Crippen LogP contribution in [0, 0.1) is 17.7 Å². The number of carbonyl (C=O) groups is 4. The number of primary amides is 1. The van der Waals surface area contributed by atoms with Crippen LogP contribution in [0.25, 0.3) is 0 Å². The van der Waals surface area contributed by atoms with Crippen LogP contribution in [0.4, 0.5) is 10.1 Å². The Bertz CT molecular complexity index is 922. The Kier molecular flexibility index (Phi) is 4.62. The Morgan fingerprint density at radius 3 is 2.79 bits per heavy atom. The minimum Gasteiger partial charge on any atom is -0.385 e. The molecule has 1 aromatic carbocycles. The van der Waals surface area contributed by atoms with Gasteiger partial charge in [-0.2, -0.15) is 0 Å². The topological polar surface area (TPSA) is 135 Å². The van der Waals surface area contributed by atoms with Crippen LogP contribution >= 0.6 is 0 Å². The molecular formula is C19H22FN4O5+. The van der Waals surface area contributed by atoms with Crippen molar-refractivity contribution in [1.29, 1.82) is 0 Å². The van der Waals surface area contributed by atoms with Crippen LogP contribution in [0.1, 0.15) is 18.4 Å². The Hall–Kier alpha value is -2.85. The summed E-state index contributed by atoms with van der Waals surface area (Å²) in [5.74, 6) is -4.56. The van der Waals surface area contributed by atoms with Crippen molar-refractivity contribution in [3.63, 3.8) is 0 Å². The molecule has 0 unspecified atom stereocenters. The predicted octanol–water partition coefficient (Wildman–Crippen LogP) is -1.57. The van der Waals surface area contributed by atoms with Gasteiger partial charge in [-0.1, -0.05) is 0 Å². The molecule has 154 valence electrons. The summed E-state index contributed by atoms with van der Waals surface area (Å²) < 4.78 is 19.0. The van der Waals surface area contributed by atoms with E-state index in [1.807, 2.05) is 0 Å². The highest BCUT2D eigenvalue weighted by Crippen LogP contribution is 2.49. The van der Waals surface area contributed by atoms with Crippen LogP contribution < -0.4 is 16.4 Å². The van der Waals surface area contributed by atoms with Gasteiger partial charge in [0, 0.05) is 25.8 Å². The van der Waals surface area contributed by atoms with Crippen LogP contribution in [0.2, 0.25) is 0 Å². The maximum Gasteiger partial charge on any atom is 0.291 e. The summed E-state index contributed by atoms with van der Waals surface area (Å²) >= 11 is 0. The minimum absolute atomic E-state index is 0.148. The van der Waals surface area contributed by atoms with E-state index in [0.717, 1.165) is 4.90 Å². The van der Waals surface area contributed by atoms with Gasteiger partial charge in [0.05, 0.1) is 12.1 Å². The third kappa shape index (κ3) is 2.74. The third-order valence-corrected chi connectivity index (χ3v) is 6.09.